The second kappa shape index (κ2) is 7.40. The standard InChI is InChI=1S/C20H13NO2S/c21-14-17(16-7-2-1-3-8-16)12-15-6-4-9-18(13-15)23-20(22)19-10-5-11-24-19/h1-13H/b17-12-. The number of benzene rings is 2. The number of allylic oxidation sites excluding steroid dienone is 1. The van der Waals surface area contributed by atoms with Crippen molar-refractivity contribution < 1.29 is 9.53 Å². The Labute approximate surface area is 144 Å². The Morgan fingerprint density at radius 3 is 2.58 bits per heavy atom. The first kappa shape index (κ1) is 15.7. The monoisotopic (exact) mass is 331 g/mol. The van der Waals surface area contributed by atoms with Gasteiger partial charge in [0.2, 0.25) is 0 Å². The number of esters is 1. The Balaban J connectivity index is 1.84. The number of nitrogens with zero attached hydrogens (tertiary/aromatic N) is 1. The van der Waals surface area contributed by atoms with E-state index in [1.54, 1.807) is 36.4 Å². The van der Waals surface area contributed by atoms with Gasteiger partial charge in [0.1, 0.15) is 10.6 Å². The molecule has 3 rings (SSSR count). The molecular weight excluding hydrogens is 318 g/mol. The highest BCUT2D eigenvalue weighted by atomic mass is 32.1. The molecule has 0 fully saturated rings. The zero-order chi connectivity index (χ0) is 16.8. The lowest BCUT2D eigenvalue weighted by molar-refractivity contribution is 0.0740. The van der Waals surface area contributed by atoms with Gasteiger partial charge in [-0.1, -0.05) is 48.5 Å². The zero-order valence-corrected chi connectivity index (χ0v) is 13.5. The maximum absolute atomic E-state index is 12.0. The maximum atomic E-state index is 12.0. The summed E-state index contributed by atoms with van der Waals surface area (Å²) in [6.07, 6.45) is 1.78. The Kier molecular flexibility index (Phi) is 4.85. The van der Waals surface area contributed by atoms with E-state index in [0.29, 0.717) is 16.2 Å². The van der Waals surface area contributed by atoms with Gasteiger partial charge in [0, 0.05) is 0 Å². The highest BCUT2D eigenvalue weighted by molar-refractivity contribution is 7.12. The molecule has 0 aliphatic heterocycles. The molecule has 0 spiro atoms. The molecule has 0 atom stereocenters. The largest absolute Gasteiger partial charge is 0.422 e. The van der Waals surface area contributed by atoms with Crippen LogP contribution in [0.15, 0.2) is 72.1 Å². The molecule has 116 valence electrons. The lowest BCUT2D eigenvalue weighted by atomic mass is 10.0. The number of thiophene rings is 1. The van der Waals surface area contributed by atoms with Crippen LogP contribution in [0.25, 0.3) is 11.6 Å². The second-order valence-electron chi connectivity index (χ2n) is 4.98. The average Bonchev–Trinajstić information content (AvgIpc) is 3.15. The van der Waals surface area contributed by atoms with E-state index >= 15 is 0 Å². The number of hydrogen-bond donors (Lipinski definition) is 0. The van der Waals surface area contributed by atoms with Crippen LogP contribution in [-0.4, -0.2) is 5.97 Å². The van der Waals surface area contributed by atoms with E-state index in [4.69, 9.17) is 4.74 Å². The van der Waals surface area contributed by atoms with Crippen molar-refractivity contribution in [3.63, 3.8) is 0 Å². The molecule has 0 unspecified atom stereocenters. The summed E-state index contributed by atoms with van der Waals surface area (Å²) in [6, 6.07) is 22.3. The first-order valence-electron chi connectivity index (χ1n) is 7.29. The third kappa shape index (κ3) is 3.78. The summed E-state index contributed by atoms with van der Waals surface area (Å²) in [4.78, 5) is 12.6. The molecule has 3 nitrogen and oxygen atoms in total. The highest BCUT2D eigenvalue weighted by Gasteiger charge is 2.09. The average molecular weight is 331 g/mol. The highest BCUT2D eigenvalue weighted by Crippen LogP contribution is 2.21. The van der Waals surface area contributed by atoms with E-state index in [9.17, 15) is 10.1 Å². The van der Waals surface area contributed by atoms with Crippen molar-refractivity contribution in [3.05, 3.63) is 88.1 Å². The smallest absolute Gasteiger partial charge is 0.353 e. The van der Waals surface area contributed by atoms with Crippen LogP contribution in [0.5, 0.6) is 5.75 Å². The van der Waals surface area contributed by atoms with Crippen LogP contribution in [0.4, 0.5) is 0 Å². The maximum Gasteiger partial charge on any atom is 0.353 e. The molecule has 0 aliphatic carbocycles. The van der Waals surface area contributed by atoms with Crippen LogP contribution in [0.3, 0.4) is 0 Å². The predicted octanol–water partition coefficient (Wildman–Crippen LogP) is 5.03. The van der Waals surface area contributed by atoms with Gasteiger partial charge < -0.3 is 4.74 Å². The number of carbonyl (C=O) groups excluding carboxylic acids is 1. The molecule has 0 saturated heterocycles. The molecule has 0 amide bonds. The Hall–Kier alpha value is -3.16. The van der Waals surface area contributed by atoms with Gasteiger partial charge in [0.25, 0.3) is 0 Å². The van der Waals surface area contributed by atoms with E-state index in [0.717, 1.165) is 11.1 Å². The van der Waals surface area contributed by atoms with Crippen LogP contribution in [0.2, 0.25) is 0 Å². The van der Waals surface area contributed by atoms with Crippen molar-refractivity contribution in [2.24, 2.45) is 0 Å². The van der Waals surface area contributed by atoms with Crippen molar-refractivity contribution >= 4 is 29.0 Å². The minimum atomic E-state index is -0.380. The van der Waals surface area contributed by atoms with Gasteiger partial charge in [0.15, 0.2) is 0 Å². The van der Waals surface area contributed by atoms with E-state index in [1.165, 1.54) is 11.3 Å². The van der Waals surface area contributed by atoms with Gasteiger partial charge in [-0.2, -0.15) is 5.26 Å². The summed E-state index contributed by atoms with van der Waals surface area (Å²) in [5, 5.41) is 11.2. The molecule has 4 heteroatoms. The lowest BCUT2D eigenvalue weighted by Gasteiger charge is -2.04. The van der Waals surface area contributed by atoms with Crippen molar-refractivity contribution in [2.45, 2.75) is 0 Å². The minimum Gasteiger partial charge on any atom is -0.422 e. The third-order valence-corrected chi connectivity index (χ3v) is 4.16. The number of nitriles is 1. The quantitative estimate of drug-likeness (QED) is 0.291. The van der Waals surface area contributed by atoms with Crippen molar-refractivity contribution in [1.29, 1.82) is 5.26 Å². The van der Waals surface area contributed by atoms with Crippen LogP contribution in [0.1, 0.15) is 20.8 Å². The van der Waals surface area contributed by atoms with Crippen LogP contribution >= 0.6 is 11.3 Å². The van der Waals surface area contributed by atoms with E-state index in [1.807, 2.05) is 41.8 Å². The number of ether oxygens (including phenoxy) is 1. The first-order chi connectivity index (χ1) is 11.8. The Bertz CT molecular complexity index is 906. The molecular formula is C20H13NO2S. The summed E-state index contributed by atoms with van der Waals surface area (Å²) in [7, 11) is 0. The molecule has 0 radical (unpaired) electrons. The van der Waals surface area contributed by atoms with Crippen LogP contribution in [0, 0.1) is 11.3 Å². The van der Waals surface area contributed by atoms with E-state index in [-0.39, 0.29) is 5.97 Å². The van der Waals surface area contributed by atoms with E-state index in [2.05, 4.69) is 6.07 Å². The normalized spacial score (nSPS) is 10.9. The molecule has 3 aromatic rings. The Morgan fingerprint density at radius 1 is 1.04 bits per heavy atom. The zero-order valence-electron chi connectivity index (χ0n) is 12.7. The molecule has 0 saturated carbocycles. The van der Waals surface area contributed by atoms with Crippen molar-refractivity contribution in [3.8, 4) is 11.8 Å². The van der Waals surface area contributed by atoms with Gasteiger partial charge in [-0.3, -0.25) is 0 Å². The fourth-order valence-electron chi connectivity index (χ4n) is 2.18. The lowest BCUT2D eigenvalue weighted by Crippen LogP contribution is -2.06. The first-order valence-corrected chi connectivity index (χ1v) is 8.17. The number of rotatable bonds is 4. The van der Waals surface area contributed by atoms with Crippen LogP contribution in [-0.2, 0) is 0 Å². The van der Waals surface area contributed by atoms with Crippen molar-refractivity contribution in [1.82, 2.24) is 0 Å². The number of hydrogen-bond acceptors (Lipinski definition) is 4. The van der Waals surface area contributed by atoms with Gasteiger partial charge in [-0.25, -0.2) is 4.79 Å². The van der Waals surface area contributed by atoms with Crippen molar-refractivity contribution in [2.75, 3.05) is 0 Å². The van der Waals surface area contributed by atoms with Gasteiger partial charge >= 0.3 is 5.97 Å². The fourth-order valence-corrected chi connectivity index (χ4v) is 2.78. The summed E-state index contributed by atoms with van der Waals surface area (Å²) < 4.78 is 5.38. The number of carbonyl (C=O) groups is 1. The molecule has 1 aromatic heterocycles. The van der Waals surface area contributed by atoms with Crippen LogP contribution < -0.4 is 4.74 Å². The molecule has 2 aromatic carbocycles. The molecule has 0 N–H and O–H groups in total. The van der Waals surface area contributed by atoms with Gasteiger partial charge in [0.05, 0.1) is 11.6 Å². The molecule has 1 heterocycles. The molecule has 0 bridgehead atoms. The van der Waals surface area contributed by atoms with Gasteiger partial charge in [-0.05, 0) is 40.8 Å². The summed E-state index contributed by atoms with van der Waals surface area (Å²) >= 11 is 1.34. The molecule has 24 heavy (non-hydrogen) atoms. The summed E-state index contributed by atoms with van der Waals surface area (Å²) in [5.74, 6) is 0.0715. The summed E-state index contributed by atoms with van der Waals surface area (Å²) in [5.41, 5.74) is 2.20. The predicted molar refractivity (Wildman–Crippen MR) is 95.6 cm³/mol. The summed E-state index contributed by atoms with van der Waals surface area (Å²) in [6.45, 7) is 0. The van der Waals surface area contributed by atoms with Gasteiger partial charge in [-0.15, -0.1) is 11.3 Å². The Morgan fingerprint density at radius 2 is 1.88 bits per heavy atom. The minimum absolute atomic E-state index is 0.380. The topological polar surface area (TPSA) is 50.1 Å². The fraction of sp³-hybridized carbons (Fsp3) is 0. The SMILES string of the molecule is N#C/C(=C/c1cccc(OC(=O)c2cccs2)c1)c1ccccc1. The molecule has 0 aliphatic rings. The van der Waals surface area contributed by atoms with E-state index < -0.39 is 0 Å². The second-order valence-corrected chi connectivity index (χ2v) is 5.92. The third-order valence-electron chi connectivity index (χ3n) is 3.31.